The normalized spacial score (nSPS) is 21.0. The molecule has 1 N–H and O–H groups in total. The maximum Gasteiger partial charge on any atom is 0.253 e. The Labute approximate surface area is 72.5 Å². The van der Waals surface area contributed by atoms with Gasteiger partial charge in [0.05, 0.1) is 6.04 Å². The topological polar surface area (TPSA) is 12.0 Å². The monoisotopic (exact) mass is 177 g/mol. The van der Waals surface area contributed by atoms with Crippen LogP contribution < -0.4 is 5.32 Å². The standard InChI is InChI=1S/C9H17F2N/c1-7(9(10)11)12-6-5-8-3-2-4-8/h7-9,12H,2-6H2,1H3. The van der Waals surface area contributed by atoms with Crippen LogP contribution in [0.3, 0.4) is 0 Å². The second kappa shape index (κ2) is 4.75. The Morgan fingerprint density at radius 3 is 2.50 bits per heavy atom. The van der Waals surface area contributed by atoms with Crippen molar-refractivity contribution in [1.29, 1.82) is 0 Å². The van der Waals surface area contributed by atoms with Gasteiger partial charge in [-0.3, -0.25) is 0 Å². The van der Waals surface area contributed by atoms with E-state index in [2.05, 4.69) is 5.32 Å². The van der Waals surface area contributed by atoms with Crippen LogP contribution in [0.2, 0.25) is 0 Å². The summed E-state index contributed by atoms with van der Waals surface area (Å²) < 4.78 is 24.0. The van der Waals surface area contributed by atoms with E-state index in [1.54, 1.807) is 0 Å². The van der Waals surface area contributed by atoms with Crippen molar-refractivity contribution in [2.45, 2.75) is 45.1 Å². The van der Waals surface area contributed by atoms with Crippen LogP contribution in [-0.4, -0.2) is 19.0 Å². The molecule has 0 spiro atoms. The van der Waals surface area contributed by atoms with Crippen LogP contribution in [0.15, 0.2) is 0 Å². The SMILES string of the molecule is CC(NCCC1CCC1)C(F)F. The third-order valence-corrected chi connectivity index (χ3v) is 2.62. The highest BCUT2D eigenvalue weighted by Crippen LogP contribution is 2.28. The minimum atomic E-state index is -2.23. The molecule has 72 valence electrons. The number of alkyl halides is 2. The lowest BCUT2D eigenvalue weighted by atomic mass is 9.83. The smallest absolute Gasteiger partial charge is 0.253 e. The molecule has 1 nitrogen and oxygen atoms in total. The molecule has 0 saturated heterocycles. The maximum atomic E-state index is 12.0. The Kier molecular flexibility index (Phi) is 3.92. The number of rotatable bonds is 5. The molecule has 1 saturated carbocycles. The lowest BCUT2D eigenvalue weighted by molar-refractivity contribution is 0.104. The summed E-state index contributed by atoms with van der Waals surface area (Å²) in [7, 11) is 0. The molecule has 1 aliphatic carbocycles. The predicted molar refractivity (Wildman–Crippen MR) is 45.4 cm³/mol. The molecule has 0 aromatic heterocycles. The Morgan fingerprint density at radius 2 is 2.08 bits per heavy atom. The van der Waals surface area contributed by atoms with Gasteiger partial charge < -0.3 is 5.32 Å². The molecule has 0 aliphatic heterocycles. The van der Waals surface area contributed by atoms with Crippen molar-refractivity contribution in [3.8, 4) is 0 Å². The molecular formula is C9H17F2N. The molecule has 0 radical (unpaired) electrons. The largest absolute Gasteiger partial charge is 0.309 e. The van der Waals surface area contributed by atoms with Gasteiger partial charge in [0.2, 0.25) is 0 Å². The second-order valence-electron chi connectivity index (χ2n) is 3.66. The lowest BCUT2D eigenvalue weighted by Crippen LogP contribution is -2.34. The second-order valence-corrected chi connectivity index (χ2v) is 3.66. The highest BCUT2D eigenvalue weighted by molar-refractivity contribution is 4.71. The Bertz CT molecular complexity index is 124. The van der Waals surface area contributed by atoms with Crippen LogP contribution in [-0.2, 0) is 0 Å². The van der Waals surface area contributed by atoms with E-state index in [0.29, 0.717) is 0 Å². The quantitative estimate of drug-likeness (QED) is 0.680. The van der Waals surface area contributed by atoms with Crippen molar-refractivity contribution in [1.82, 2.24) is 5.32 Å². The van der Waals surface area contributed by atoms with Gasteiger partial charge in [0.15, 0.2) is 0 Å². The summed E-state index contributed by atoms with van der Waals surface area (Å²) in [6.45, 7) is 2.28. The Balaban J connectivity index is 1.93. The highest BCUT2D eigenvalue weighted by atomic mass is 19.3. The van der Waals surface area contributed by atoms with E-state index in [9.17, 15) is 8.78 Å². The average Bonchev–Trinajstić information content (AvgIpc) is 1.93. The zero-order valence-corrected chi connectivity index (χ0v) is 7.52. The van der Waals surface area contributed by atoms with E-state index in [4.69, 9.17) is 0 Å². The van der Waals surface area contributed by atoms with Gasteiger partial charge in [-0.05, 0) is 25.8 Å². The summed E-state index contributed by atoms with van der Waals surface area (Å²) in [5.41, 5.74) is 0. The molecule has 0 aromatic carbocycles. The van der Waals surface area contributed by atoms with E-state index < -0.39 is 12.5 Å². The van der Waals surface area contributed by atoms with Gasteiger partial charge >= 0.3 is 0 Å². The summed E-state index contributed by atoms with van der Waals surface area (Å²) >= 11 is 0. The van der Waals surface area contributed by atoms with Crippen LogP contribution in [0.5, 0.6) is 0 Å². The van der Waals surface area contributed by atoms with Gasteiger partial charge in [0, 0.05) is 0 Å². The number of nitrogens with one attached hydrogen (secondary N) is 1. The summed E-state index contributed by atoms with van der Waals surface area (Å²) in [6.07, 6.45) is 2.76. The average molecular weight is 177 g/mol. The molecule has 3 heteroatoms. The first kappa shape index (κ1) is 9.90. The molecular weight excluding hydrogens is 160 g/mol. The van der Waals surface area contributed by atoms with Crippen molar-refractivity contribution in [3.63, 3.8) is 0 Å². The van der Waals surface area contributed by atoms with E-state index in [1.165, 1.54) is 26.2 Å². The molecule has 1 atom stereocenters. The zero-order valence-electron chi connectivity index (χ0n) is 7.52. The minimum Gasteiger partial charge on any atom is -0.309 e. The summed E-state index contributed by atoms with van der Waals surface area (Å²) in [5, 5.41) is 2.83. The predicted octanol–water partition coefficient (Wildman–Crippen LogP) is 2.42. The first-order valence-corrected chi connectivity index (χ1v) is 4.71. The van der Waals surface area contributed by atoms with Gasteiger partial charge in [-0.15, -0.1) is 0 Å². The molecule has 0 amide bonds. The van der Waals surface area contributed by atoms with Gasteiger partial charge in [0.25, 0.3) is 6.43 Å². The maximum absolute atomic E-state index is 12.0. The van der Waals surface area contributed by atoms with E-state index >= 15 is 0 Å². The number of hydrogen-bond donors (Lipinski definition) is 1. The molecule has 1 unspecified atom stereocenters. The Hall–Kier alpha value is -0.180. The van der Waals surface area contributed by atoms with Crippen molar-refractivity contribution >= 4 is 0 Å². The molecule has 0 bridgehead atoms. The van der Waals surface area contributed by atoms with Gasteiger partial charge in [-0.2, -0.15) is 0 Å². The molecule has 1 fully saturated rings. The fourth-order valence-electron chi connectivity index (χ4n) is 1.39. The third kappa shape index (κ3) is 3.05. The highest BCUT2D eigenvalue weighted by Gasteiger charge is 2.18. The molecule has 1 rings (SSSR count). The van der Waals surface area contributed by atoms with Gasteiger partial charge in [0.1, 0.15) is 0 Å². The number of hydrogen-bond acceptors (Lipinski definition) is 1. The first-order chi connectivity index (χ1) is 5.70. The van der Waals surface area contributed by atoms with Crippen LogP contribution in [0.4, 0.5) is 8.78 Å². The van der Waals surface area contributed by atoms with E-state index in [-0.39, 0.29) is 0 Å². The van der Waals surface area contributed by atoms with Crippen molar-refractivity contribution < 1.29 is 8.78 Å². The van der Waals surface area contributed by atoms with Crippen LogP contribution in [0, 0.1) is 5.92 Å². The van der Waals surface area contributed by atoms with Gasteiger partial charge in [-0.25, -0.2) is 8.78 Å². The minimum absolute atomic E-state index is 0.648. The number of halogens is 2. The van der Waals surface area contributed by atoms with E-state index in [0.717, 1.165) is 18.9 Å². The molecule has 0 aromatic rings. The van der Waals surface area contributed by atoms with E-state index in [1.807, 2.05) is 0 Å². The first-order valence-electron chi connectivity index (χ1n) is 4.71. The summed E-state index contributed by atoms with van der Waals surface area (Å²) in [6, 6.07) is -0.648. The zero-order chi connectivity index (χ0) is 8.97. The third-order valence-electron chi connectivity index (χ3n) is 2.62. The molecule has 0 heterocycles. The fraction of sp³-hybridized carbons (Fsp3) is 1.00. The van der Waals surface area contributed by atoms with Crippen LogP contribution in [0.1, 0.15) is 32.6 Å². The van der Waals surface area contributed by atoms with Crippen molar-refractivity contribution in [3.05, 3.63) is 0 Å². The van der Waals surface area contributed by atoms with Gasteiger partial charge in [-0.1, -0.05) is 19.3 Å². The van der Waals surface area contributed by atoms with Crippen LogP contribution >= 0.6 is 0 Å². The fourth-order valence-corrected chi connectivity index (χ4v) is 1.39. The molecule has 1 aliphatic rings. The van der Waals surface area contributed by atoms with Crippen molar-refractivity contribution in [2.24, 2.45) is 5.92 Å². The lowest BCUT2D eigenvalue weighted by Gasteiger charge is -2.25. The van der Waals surface area contributed by atoms with Crippen molar-refractivity contribution in [2.75, 3.05) is 6.54 Å². The van der Waals surface area contributed by atoms with Crippen LogP contribution in [0.25, 0.3) is 0 Å². The molecule has 12 heavy (non-hydrogen) atoms. The summed E-state index contributed by atoms with van der Waals surface area (Å²) in [4.78, 5) is 0. The Morgan fingerprint density at radius 1 is 1.42 bits per heavy atom. The summed E-state index contributed by atoms with van der Waals surface area (Å²) in [5.74, 6) is 0.808.